The Balaban J connectivity index is 1.90. The monoisotopic (exact) mass is 207 g/mol. The average molecular weight is 207 g/mol. The van der Waals surface area contributed by atoms with Crippen molar-refractivity contribution >= 4 is 5.91 Å². The lowest BCUT2D eigenvalue weighted by atomic mass is 10.2. The van der Waals surface area contributed by atoms with Crippen molar-refractivity contribution in [1.29, 1.82) is 0 Å². The van der Waals surface area contributed by atoms with E-state index in [4.69, 9.17) is 0 Å². The van der Waals surface area contributed by atoms with E-state index in [0.717, 1.165) is 12.8 Å². The molecule has 1 fully saturated rings. The molecule has 1 aliphatic rings. The van der Waals surface area contributed by atoms with Crippen LogP contribution in [0, 0.1) is 0 Å². The van der Waals surface area contributed by atoms with Crippen LogP contribution in [0.5, 0.6) is 0 Å². The smallest absolute Gasteiger partial charge is 0.243 e. The van der Waals surface area contributed by atoms with Crippen LogP contribution in [-0.4, -0.2) is 21.5 Å². The summed E-state index contributed by atoms with van der Waals surface area (Å²) in [6, 6.07) is 0.233. The summed E-state index contributed by atoms with van der Waals surface area (Å²) in [7, 11) is 0. The Bertz CT molecular complexity index is 315. The van der Waals surface area contributed by atoms with Gasteiger partial charge in [-0.15, -0.1) is 0 Å². The molecule has 1 atom stereocenters. The highest BCUT2D eigenvalue weighted by Crippen LogP contribution is 2.18. The third kappa shape index (κ3) is 2.37. The first-order chi connectivity index (χ1) is 7.27. The van der Waals surface area contributed by atoms with Crippen LogP contribution in [0.15, 0.2) is 18.7 Å². The normalized spacial score (nSPS) is 19.0. The van der Waals surface area contributed by atoms with Crippen LogP contribution in [0.3, 0.4) is 0 Å². The summed E-state index contributed by atoms with van der Waals surface area (Å²) in [5.41, 5.74) is 0. The van der Waals surface area contributed by atoms with Gasteiger partial charge in [0.05, 0.1) is 6.33 Å². The van der Waals surface area contributed by atoms with Crippen LogP contribution in [0.2, 0.25) is 0 Å². The van der Waals surface area contributed by atoms with E-state index in [-0.39, 0.29) is 11.9 Å². The lowest BCUT2D eigenvalue weighted by Crippen LogP contribution is -2.37. The van der Waals surface area contributed by atoms with Crippen molar-refractivity contribution in [3.63, 3.8) is 0 Å². The molecule has 2 rings (SSSR count). The van der Waals surface area contributed by atoms with Gasteiger partial charge in [-0.05, 0) is 19.8 Å². The summed E-state index contributed by atoms with van der Waals surface area (Å²) in [6.07, 6.45) is 9.93. The number of carbonyl (C=O) groups excluding carboxylic acids is 1. The number of imidazole rings is 1. The fraction of sp³-hybridized carbons (Fsp3) is 0.636. The molecule has 0 spiro atoms. The number of nitrogens with one attached hydrogen (secondary N) is 1. The Hall–Kier alpha value is -1.32. The second kappa shape index (κ2) is 4.47. The average Bonchev–Trinajstić information content (AvgIpc) is 2.88. The fourth-order valence-corrected chi connectivity index (χ4v) is 2.03. The molecule has 1 aromatic rings. The van der Waals surface area contributed by atoms with Crippen LogP contribution in [-0.2, 0) is 4.79 Å². The minimum Gasteiger partial charge on any atom is -0.352 e. The summed E-state index contributed by atoms with van der Waals surface area (Å²) in [6.45, 7) is 1.89. The van der Waals surface area contributed by atoms with Gasteiger partial charge in [-0.3, -0.25) is 4.79 Å². The van der Waals surface area contributed by atoms with Gasteiger partial charge in [0.1, 0.15) is 6.04 Å². The molecule has 4 nitrogen and oxygen atoms in total. The summed E-state index contributed by atoms with van der Waals surface area (Å²) in [4.78, 5) is 15.8. The molecular formula is C11H17N3O. The van der Waals surface area contributed by atoms with Crippen molar-refractivity contribution in [3.05, 3.63) is 18.7 Å². The van der Waals surface area contributed by atoms with Gasteiger partial charge >= 0.3 is 0 Å². The number of aromatic nitrogens is 2. The standard InChI is InChI=1S/C11H17N3O/c1-9(14-7-6-12-8-14)11(15)13-10-4-2-3-5-10/h6-10H,2-5H2,1H3,(H,13,15). The van der Waals surface area contributed by atoms with E-state index < -0.39 is 0 Å². The SMILES string of the molecule is CC(C(=O)NC1CCCC1)n1ccnc1. The first-order valence-electron chi connectivity index (χ1n) is 5.55. The Morgan fingerprint density at radius 1 is 1.53 bits per heavy atom. The molecule has 1 saturated carbocycles. The second-order valence-electron chi connectivity index (χ2n) is 4.18. The van der Waals surface area contributed by atoms with E-state index in [1.54, 1.807) is 12.5 Å². The Morgan fingerprint density at radius 2 is 2.27 bits per heavy atom. The molecule has 1 heterocycles. The first kappa shape index (κ1) is 10.2. The second-order valence-corrected chi connectivity index (χ2v) is 4.18. The molecule has 0 saturated heterocycles. The van der Waals surface area contributed by atoms with E-state index in [1.165, 1.54) is 12.8 Å². The van der Waals surface area contributed by atoms with Gasteiger partial charge < -0.3 is 9.88 Å². The highest BCUT2D eigenvalue weighted by Gasteiger charge is 2.20. The molecule has 1 aromatic heterocycles. The number of amides is 1. The molecular weight excluding hydrogens is 190 g/mol. The highest BCUT2D eigenvalue weighted by atomic mass is 16.2. The van der Waals surface area contributed by atoms with E-state index >= 15 is 0 Å². The third-order valence-corrected chi connectivity index (χ3v) is 3.05. The van der Waals surface area contributed by atoms with Gasteiger partial charge in [-0.1, -0.05) is 12.8 Å². The van der Waals surface area contributed by atoms with Gasteiger partial charge in [0, 0.05) is 18.4 Å². The van der Waals surface area contributed by atoms with Crippen molar-refractivity contribution in [1.82, 2.24) is 14.9 Å². The zero-order chi connectivity index (χ0) is 10.7. The fourth-order valence-electron chi connectivity index (χ4n) is 2.03. The van der Waals surface area contributed by atoms with Crippen molar-refractivity contribution in [3.8, 4) is 0 Å². The van der Waals surface area contributed by atoms with Gasteiger partial charge in [-0.2, -0.15) is 0 Å². The van der Waals surface area contributed by atoms with Crippen molar-refractivity contribution < 1.29 is 4.79 Å². The molecule has 1 N–H and O–H groups in total. The predicted octanol–water partition coefficient (Wildman–Crippen LogP) is 1.50. The van der Waals surface area contributed by atoms with Gasteiger partial charge in [0.25, 0.3) is 0 Å². The number of rotatable bonds is 3. The highest BCUT2D eigenvalue weighted by molar-refractivity contribution is 5.80. The predicted molar refractivity (Wildman–Crippen MR) is 57.3 cm³/mol. The maximum Gasteiger partial charge on any atom is 0.243 e. The first-order valence-corrected chi connectivity index (χ1v) is 5.55. The molecule has 1 amide bonds. The van der Waals surface area contributed by atoms with E-state index in [0.29, 0.717) is 6.04 Å². The van der Waals surface area contributed by atoms with Gasteiger partial charge in [-0.25, -0.2) is 4.98 Å². The van der Waals surface area contributed by atoms with Gasteiger partial charge in [0.15, 0.2) is 0 Å². The summed E-state index contributed by atoms with van der Waals surface area (Å²) >= 11 is 0. The van der Waals surface area contributed by atoms with Crippen LogP contribution < -0.4 is 5.32 Å². The van der Waals surface area contributed by atoms with Crippen molar-refractivity contribution in [2.24, 2.45) is 0 Å². The molecule has 1 aliphatic carbocycles. The minimum atomic E-state index is -0.159. The number of carbonyl (C=O) groups is 1. The molecule has 1 unspecified atom stereocenters. The summed E-state index contributed by atoms with van der Waals surface area (Å²) < 4.78 is 1.82. The van der Waals surface area contributed by atoms with Crippen molar-refractivity contribution in [2.45, 2.75) is 44.7 Å². The molecule has 0 aliphatic heterocycles. The Kier molecular flexibility index (Phi) is 3.04. The zero-order valence-electron chi connectivity index (χ0n) is 9.02. The third-order valence-electron chi connectivity index (χ3n) is 3.05. The lowest BCUT2D eigenvalue weighted by molar-refractivity contribution is -0.124. The van der Waals surface area contributed by atoms with E-state index in [9.17, 15) is 4.79 Å². The molecule has 0 bridgehead atoms. The molecule has 15 heavy (non-hydrogen) atoms. The minimum absolute atomic E-state index is 0.0971. The molecule has 82 valence electrons. The maximum atomic E-state index is 11.8. The number of hydrogen-bond donors (Lipinski definition) is 1. The zero-order valence-corrected chi connectivity index (χ0v) is 9.02. The molecule has 0 aromatic carbocycles. The van der Waals surface area contributed by atoms with E-state index in [1.807, 2.05) is 17.7 Å². The topological polar surface area (TPSA) is 46.9 Å². The van der Waals surface area contributed by atoms with Gasteiger partial charge in [0.2, 0.25) is 5.91 Å². The summed E-state index contributed by atoms with van der Waals surface area (Å²) in [5, 5.41) is 3.08. The van der Waals surface area contributed by atoms with Crippen LogP contribution in [0.4, 0.5) is 0 Å². The Labute approximate surface area is 89.7 Å². The van der Waals surface area contributed by atoms with Crippen molar-refractivity contribution in [2.75, 3.05) is 0 Å². The Morgan fingerprint density at radius 3 is 2.87 bits per heavy atom. The van der Waals surface area contributed by atoms with Crippen LogP contribution >= 0.6 is 0 Å². The largest absolute Gasteiger partial charge is 0.352 e. The maximum absolute atomic E-state index is 11.8. The lowest BCUT2D eigenvalue weighted by Gasteiger charge is -2.17. The quantitative estimate of drug-likeness (QED) is 0.816. The van der Waals surface area contributed by atoms with E-state index in [2.05, 4.69) is 10.3 Å². The van der Waals surface area contributed by atoms with Crippen LogP contribution in [0.1, 0.15) is 38.6 Å². The summed E-state index contributed by atoms with van der Waals surface area (Å²) in [5.74, 6) is 0.0971. The number of nitrogens with zero attached hydrogens (tertiary/aromatic N) is 2. The molecule has 4 heteroatoms. The van der Waals surface area contributed by atoms with Crippen LogP contribution in [0.25, 0.3) is 0 Å². The number of hydrogen-bond acceptors (Lipinski definition) is 2. The molecule has 0 radical (unpaired) electrons.